The van der Waals surface area contributed by atoms with Gasteiger partial charge in [-0.05, 0) is 19.1 Å². The SMILES string of the molecule is Cc1cc(C(=O)Nc2ccccc2CO)n(C)n1. The molecule has 2 aromatic rings. The highest BCUT2D eigenvalue weighted by atomic mass is 16.3. The number of para-hydroxylation sites is 1. The Morgan fingerprint density at radius 1 is 1.44 bits per heavy atom. The largest absolute Gasteiger partial charge is 0.392 e. The molecule has 0 radical (unpaired) electrons. The van der Waals surface area contributed by atoms with Gasteiger partial charge in [0.1, 0.15) is 5.69 Å². The summed E-state index contributed by atoms with van der Waals surface area (Å²) in [6.07, 6.45) is 0. The summed E-state index contributed by atoms with van der Waals surface area (Å²) in [6, 6.07) is 8.87. The van der Waals surface area contributed by atoms with Gasteiger partial charge in [0.05, 0.1) is 12.3 Å². The van der Waals surface area contributed by atoms with Crippen LogP contribution in [0.15, 0.2) is 30.3 Å². The van der Waals surface area contributed by atoms with Gasteiger partial charge in [0, 0.05) is 18.3 Å². The molecule has 2 N–H and O–H groups in total. The average Bonchev–Trinajstić information content (AvgIpc) is 2.69. The molecule has 1 aromatic heterocycles. The van der Waals surface area contributed by atoms with Crippen LogP contribution in [0, 0.1) is 6.92 Å². The first-order valence-electron chi connectivity index (χ1n) is 5.62. The standard InChI is InChI=1S/C13H15N3O2/c1-9-7-12(16(2)15-9)13(18)14-11-6-4-3-5-10(11)8-17/h3-7,17H,8H2,1-2H3,(H,14,18). The van der Waals surface area contributed by atoms with Gasteiger partial charge in [0.15, 0.2) is 0 Å². The van der Waals surface area contributed by atoms with E-state index in [9.17, 15) is 9.90 Å². The van der Waals surface area contributed by atoms with Crippen molar-refractivity contribution in [2.45, 2.75) is 13.5 Å². The van der Waals surface area contributed by atoms with Gasteiger partial charge in [0.25, 0.3) is 5.91 Å². The van der Waals surface area contributed by atoms with Crippen molar-refractivity contribution in [1.29, 1.82) is 0 Å². The van der Waals surface area contributed by atoms with Crippen LogP contribution in [0.1, 0.15) is 21.7 Å². The third-order valence-corrected chi connectivity index (χ3v) is 2.67. The number of anilines is 1. The highest BCUT2D eigenvalue weighted by Gasteiger charge is 2.13. The lowest BCUT2D eigenvalue weighted by Crippen LogP contribution is -2.17. The number of carbonyl (C=O) groups excluding carboxylic acids is 1. The van der Waals surface area contributed by atoms with Crippen molar-refractivity contribution in [2.24, 2.45) is 7.05 Å². The predicted molar refractivity (Wildman–Crippen MR) is 68.3 cm³/mol. The summed E-state index contributed by atoms with van der Waals surface area (Å²) in [5.41, 5.74) is 2.58. The maximum absolute atomic E-state index is 12.1. The van der Waals surface area contributed by atoms with Crippen molar-refractivity contribution in [3.8, 4) is 0 Å². The number of rotatable bonds is 3. The van der Waals surface area contributed by atoms with Gasteiger partial charge in [-0.1, -0.05) is 18.2 Å². The molecule has 0 saturated carbocycles. The monoisotopic (exact) mass is 245 g/mol. The van der Waals surface area contributed by atoms with Crippen molar-refractivity contribution in [3.63, 3.8) is 0 Å². The number of aliphatic hydroxyl groups is 1. The number of hydrogen-bond acceptors (Lipinski definition) is 3. The topological polar surface area (TPSA) is 67.2 Å². The van der Waals surface area contributed by atoms with Crippen molar-refractivity contribution in [3.05, 3.63) is 47.3 Å². The van der Waals surface area contributed by atoms with Crippen molar-refractivity contribution in [1.82, 2.24) is 9.78 Å². The van der Waals surface area contributed by atoms with Gasteiger partial charge in [-0.15, -0.1) is 0 Å². The molecule has 0 spiro atoms. The zero-order valence-corrected chi connectivity index (χ0v) is 10.3. The van der Waals surface area contributed by atoms with Crippen molar-refractivity contribution < 1.29 is 9.90 Å². The molecule has 1 aromatic carbocycles. The highest BCUT2D eigenvalue weighted by Crippen LogP contribution is 2.16. The molecular weight excluding hydrogens is 230 g/mol. The Morgan fingerprint density at radius 3 is 2.78 bits per heavy atom. The lowest BCUT2D eigenvalue weighted by molar-refractivity contribution is 0.101. The molecule has 0 aliphatic heterocycles. The molecule has 0 aliphatic carbocycles. The quantitative estimate of drug-likeness (QED) is 0.860. The van der Waals surface area contributed by atoms with Crippen LogP contribution in [0.25, 0.3) is 0 Å². The van der Waals surface area contributed by atoms with Gasteiger partial charge in [-0.25, -0.2) is 0 Å². The van der Waals surface area contributed by atoms with E-state index < -0.39 is 0 Å². The molecule has 0 unspecified atom stereocenters. The molecular formula is C13H15N3O2. The first-order valence-corrected chi connectivity index (χ1v) is 5.62. The van der Waals surface area contributed by atoms with E-state index >= 15 is 0 Å². The third-order valence-electron chi connectivity index (χ3n) is 2.67. The molecule has 0 bridgehead atoms. The van der Waals surface area contributed by atoms with Crippen molar-refractivity contribution >= 4 is 11.6 Å². The molecule has 94 valence electrons. The second-order valence-corrected chi connectivity index (χ2v) is 4.06. The highest BCUT2D eigenvalue weighted by molar-refractivity contribution is 6.03. The number of amides is 1. The maximum Gasteiger partial charge on any atom is 0.273 e. The van der Waals surface area contributed by atoms with E-state index in [4.69, 9.17) is 0 Å². The zero-order valence-electron chi connectivity index (χ0n) is 10.3. The molecule has 5 nitrogen and oxygen atoms in total. The van der Waals surface area contributed by atoms with Gasteiger partial charge in [0.2, 0.25) is 0 Å². The smallest absolute Gasteiger partial charge is 0.273 e. The summed E-state index contributed by atoms with van der Waals surface area (Å²) in [7, 11) is 1.72. The van der Waals surface area contributed by atoms with E-state index in [1.165, 1.54) is 4.68 Å². The molecule has 0 aliphatic rings. The van der Waals surface area contributed by atoms with E-state index in [1.54, 1.807) is 25.2 Å². The average molecular weight is 245 g/mol. The van der Waals surface area contributed by atoms with Crippen LogP contribution in [-0.2, 0) is 13.7 Å². The zero-order chi connectivity index (χ0) is 13.1. The van der Waals surface area contributed by atoms with Crippen LogP contribution in [0.5, 0.6) is 0 Å². The Bertz CT molecular complexity index is 575. The third kappa shape index (κ3) is 2.41. The first kappa shape index (κ1) is 12.3. The van der Waals surface area contributed by atoms with Crippen LogP contribution in [-0.4, -0.2) is 20.8 Å². The molecule has 18 heavy (non-hydrogen) atoms. The Morgan fingerprint density at radius 2 is 2.17 bits per heavy atom. The minimum absolute atomic E-state index is 0.110. The van der Waals surface area contributed by atoms with Gasteiger partial charge < -0.3 is 10.4 Å². The summed E-state index contributed by atoms with van der Waals surface area (Å²) in [4.78, 5) is 12.1. The number of aromatic nitrogens is 2. The van der Waals surface area contributed by atoms with Crippen LogP contribution >= 0.6 is 0 Å². The lowest BCUT2D eigenvalue weighted by atomic mass is 10.2. The summed E-state index contributed by atoms with van der Waals surface area (Å²) in [6.45, 7) is 1.72. The Labute approximate surface area is 105 Å². The van der Waals surface area contributed by atoms with E-state index in [2.05, 4.69) is 10.4 Å². The van der Waals surface area contributed by atoms with Crippen LogP contribution in [0.2, 0.25) is 0 Å². The fourth-order valence-corrected chi connectivity index (χ4v) is 1.79. The first-order chi connectivity index (χ1) is 8.61. The van der Waals surface area contributed by atoms with Gasteiger partial charge in [-0.2, -0.15) is 5.10 Å². The minimum atomic E-state index is -0.237. The Kier molecular flexibility index (Phi) is 3.43. The normalized spacial score (nSPS) is 10.4. The van der Waals surface area contributed by atoms with Crippen molar-refractivity contribution in [2.75, 3.05) is 5.32 Å². The van der Waals surface area contributed by atoms with E-state index in [-0.39, 0.29) is 12.5 Å². The van der Waals surface area contributed by atoms with Crippen LogP contribution in [0.3, 0.4) is 0 Å². The summed E-state index contributed by atoms with van der Waals surface area (Å²) in [5.74, 6) is -0.237. The Balaban J connectivity index is 2.24. The maximum atomic E-state index is 12.1. The fraction of sp³-hybridized carbons (Fsp3) is 0.231. The number of nitrogens with one attached hydrogen (secondary N) is 1. The number of benzene rings is 1. The summed E-state index contributed by atoms with van der Waals surface area (Å²) in [5, 5.41) is 16.1. The van der Waals surface area contributed by atoms with Gasteiger partial charge >= 0.3 is 0 Å². The number of hydrogen-bond donors (Lipinski definition) is 2. The number of aliphatic hydroxyl groups excluding tert-OH is 1. The van der Waals surface area contributed by atoms with Crippen LogP contribution in [0.4, 0.5) is 5.69 Å². The summed E-state index contributed by atoms with van der Waals surface area (Å²) >= 11 is 0. The summed E-state index contributed by atoms with van der Waals surface area (Å²) < 4.78 is 1.53. The number of aryl methyl sites for hydroxylation is 2. The van der Waals surface area contributed by atoms with Crippen LogP contribution < -0.4 is 5.32 Å². The predicted octanol–water partition coefficient (Wildman–Crippen LogP) is 1.47. The van der Waals surface area contributed by atoms with E-state index in [0.717, 1.165) is 5.69 Å². The molecule has 0 fully saturated rings. The lowest BCUT2D eigenvalue weighted by Gasteiger charge is -2.09. The van der Waals surface area contributed by atoms with Gasteiger partial charge in [-0.3, -0.25) is 9.48 Å². The van der Waals surface area contributed by atoms with E-state index in [0.29, 0.717) is 16.9 Å². The fourth-order valence-electron chi connectivity index (χ4n) is 1.79. The molecule has 0 saturated heterocycles. The second kappa shape index (κ2) is 5.01. The molecule has 1 heterocycles. The Hall–Kier alpha value is -2.14. The molecule has 0 atom stereocenters. The molecule has 5 heteroatoms. The number of nitrogens with zero attached hydrogens (tertiary/aromatic N) is 2. The second-order valence-electron chi connectivity index (χ2n) is 4.06. The number of carbonyl (C=O) groups is 1. The molecule has 1 amide bonds. The van der Waals surface area contributed by atoms with E-state index in [1.807, 2.05) is 19.1 Å². The minimum Gasteiger partial charge on any atom is -0.392 e. The molecule has 2 rings (SSSR count).